The van der Waals surface area contributed by atoms with Gasteiger partial charge in [0.25, 0.3) is 0 Å². The lowest BCUT2D eigenvalue weighted by Gasteiger charge is -2.32. The smallest absolute Gasteiger partial charge is 0.379 e. The molecule has 0 radical (unpaired) electrons. The van der Waals surface area contributed by atoms with Crippen molar-refractivity contribution in [3.8, 4) is 0 Å². The van der Waals surface area contributed by atoms with E-state index in [1.165, 1.54) is 4.90 Å². The van der Waals surface area contributed by atoms with Gasteiger partial charge in [-0.1, -0.05) is 13.3 Å². The molecule has 1 aliphatic heterocycles. The minimum atomic E-state index is -4.10. The van der Waals surface area contributed by atoms with Crippen LogP contribution in [0.1, 0.15) is 46.0 Å². The Morgan fingerprint density at radius 1 is 1.03 bits per heavy atom. The summed E-state index contributed by atoms with van der Waals surface area (Å²) in [5.74, 6) is 1.20. The highest BCUT2D eigenvalue weighted by atomic mass is 127. The van der Waals surface area contributed by atoms with Crippen molar-refractivity contribution >= 4 is 29.9 Å². The SMILES string of the molecule is CCCCOCCOCCNC(=NCCC1CCN(CC(F)(F)F)CC1)NCC.I. The van der Waals surface area contributed by atoms with Gasteiger partial charge in [0.1, 0.15) is 0 Å². The average Bonchev–Trinajstić information content (AvgIpc) is 2.67. The third-order valence-corrected chi connectivity index (χ3v) is 4.81. The van der Waals surface area contributed by atoms with Gasteiger partial charge in [0, 0.05) is 26.2 Å². The molecule has 1 rings (SSSR count). The zero-order valence-electron chi connectivity index (χ0n) is 18.4. The van der Waals surface area contributed by atoms with Gasteiger partial charge in [0.15, 0.2) is 5.96 Å². The number of nitrogens with one attached hydrogen (secondary N) is 2. The largest absolute Gasteiger partial charge is 0.401 e. The average molecular weight is 552 g/mol. The summed E-state index contributed by atoms with van der Waals surface area (Å²) in [6.45, 7) is 9.08. The number of likely N-dealkylation sites (tertiary alicyclic amines) is 1. The first-order valence-corrected chi connectivity index (χ1v) is 10.9. The molecular weight excluding hydrogens is 512 g/mol. The minimum Gasteiger partial charge on any atom is -0.379 e. The number of halogens is 4. The third kappa shape index (κ3) is 16.4. The summed E-state index contributed by atoms with van der Waals surface area (Å²) in [4.78, 5) is 6.07. The molecule has 1 fully saturated rings. The van der Waals surface area contributed by atoms with E-state index in [1.807, 2.05) is 6.92 Å². The summed E-state index contributed by atoms with van der Waals surface area (Å²) >= 11 is 0. The maximum absolute atomic E-state index is 12.4. The Kier molecular flexibility index (Phi) is 18.1. The standard InChI is InChI=1S/C20H39F3N4O2.HI/c1-3-5-13-28-15-16-29-14-10-26-19(24-4-2)25-9-6-18-7-11-27(12-8-18)17-20(21,22)23;/h18H,3-17H2,1-2H3,(H2,24,25,26);1H. The summed E-state index contributed by atoms with van der Waals surface area (Å²) < 4.78 is 48.3. The molecule has 2 N–H and O–H groups in total. The number of nitrogens with zero attached hydrogens (tertiary/aromatic N) is 2. The van der Waals surface area contributed by atoms with Crippen LogP contribution in [0, 0.1) is 5.92 Å². The molecule has 0 spiro atoms. The van der Waals surface area contributed by atoms with Crippen LogP contribution < -0.4 is 10.6 Å². The fourth-order valence-corrected chi connectivity index (χ4v) is 3.20. The topological polar surface area (TPSA) is 58.1 Å². The summed E-state index contributed by atoms with van der Waals surface area (Å²) in [6.07, 6.45) is 0.635. The first kappa shape index (κ1) is 29.7. The second-order valence-corrected chi connectivity index (χ2v) is 7.39. The molecule has 0 aromatic heterocycles. The fraction of sp³-hybridized carbons (Fsp3) is 0.950. The van der Waals surface area contributed by atoms with Gasteiger partial charge in [0.05, 0.1) is 26.4 Å². The Balaban J connectivity index is 0.00000841. The molecule has 0 saturated carbocycles. The number of hydrogen-bond acceptors (Lipinski definition) is 4. The summed E-state index contributed by atoms with van der Waals surface area (Å²) in [7, 11) is 0. The lowest BCUT2D eigenvalue weighted by Crippen LogP contribution is -2.40. The second kappa shape index (κ2) is 18.3. The maximum atomic E-state index is 12.4. The van der Waals surface area contributed by atoms with Crippen molar-refractivity contribution in [2.45, 2.75) is 52.1 Å². The maximum Gasteiger partial charge on any atom is 0.401 e. The van der Waals surface area contributed by atoms with E-state index in [-0.39, 0.29) is 24.0 Å². The number of alkyl halides is 3. The molecule has 180 valence electrons. The quantitative estimate of drug-likeness (QED) is 0.149. The third-order valence-electron chi connectivity index (χ3n) is 4.81. The molecule has 1 heterocycles. The van der Waals surface area contributed by atoms with Gasteiger partial charge in [-0.05, 0) is 51.6 Å². The molecule has 6 nitrogen and oxygen atoms in total. The highest BCUT2D eigenvalue weighted by molar-refractivity contribution is 14.0. The van der Waals surface area contributed by atoms with Gasteiger partial charge in [-0.25, -0.2) is 0 Å². The van der Waals surface area contributed by atoms with E-state index in [4.69, 9.17) is 9.47 Å². The molecule has 0 unspecified atom stereocenters. The van der Waals surface area contributed by atoms with Gasteiger partial charge in [-0.3, -0.25) is 9.89 Å². The summed E-state index contributed by atoms with van der Waals surface area (Å²) in [5, 5.41) is 6.45. The van der Waals surface area contributed by atoms with Crippen LogP contribution in [-0.2, 0) is 9.47 Å². The molecule has 0 amide bonds. The predicted molar refractivity (Wildman–Crippen MR) is 126 cm³/mol. The van der Waals surface area contributed by atoms with Crippen molar-refractivity contribution < 1.29 is 22.6 Å². The van der Waals surface area contributed by atoms with Crippen molar-refractivity contribution in [2.75, 3.05) is 65.7 Å². The van der Waals surface area contributed by atoms with Crippen LogP contribution in [0.5, 0.6) is 0 Å². The molecule has 0 aromatic rings. The van der Waals surface area contributed by atoms with Crippen molar-refractivity contribution in [3.63, 3.8) is 0 Å². The molecule has 0 aromatic carbocycles. The number of aliphatic imine (C=N–C) groups is 1. The minimum absolute atomic E-state index is 0. The van der Waals surface area contributed by atoms with Crippen molar-refractivity contribution in [2.24, 2.45) is 10.9 Å². The van der Waals surface area contributed by atoms with Gasteiger partial charge in [-0.2, -0.15) is 13.2 Å². The number of piperidine rings is 1. The van der Waals surface area contributed by atoms with E-state index >= 15 is 0 Å². The number of guanidine groups is 1. The summed E-state index contributed by atoms with van der Waals surface area (Å²) in [5.41, 5.74) is 0. The first-order chi connectivity index (χ1) is 13.9. The van der Waals surface area contributed by atoms with Crippen LogP contribution in [0.25, 0.3) is 0 Å². The highest BCUT2D eigenvalue weighted by Gasteiger charge is 2.32. The summed E-state index contributed by atoms with van der Waals surface area (Å²) in [6, 6.07) is 0. The van der Waals surface area contributed by atoms with Crippen molar-refractivity contribution in [3.05, 3.63) is 0 Å². The van der Waals surface area contributed by atoms with Gasteiger partial charge in [0.2, 0.25) is 0 Å². The molecule has 0 aliphatic carbocycles. The molecule has 1 aliphatic rings. The van der Waals surface area contributed by atoms with Gasteiger partial charge < -0.3 is 20.1 Å². The zero-order valence-corrected chi connectivity index (χ0v) is 20.8. The van der Waals surface area contributed by atoms with Crippen molar-refractivity contribution in [1.82, 2.24) is 15.5 Å². The Labute approximate surface area is 196 Å². The van der Waals surface area contributed by atoms with E-state index in [2.05, 4.69) is 22.5 Å². The van der Waals surface area contributed by atoms with E-state index in [9.17, 15) is 13.2 Å². The highest BCUT2D eigenvalue weighted by Crippen LogP contribution is 2.24. The monoisotopic (exact) mass is 552 g/mol. The normalized spacial score (nSPS) is 16.4. The molecule has 30 heavy (non-hydrogen) atoms. The molecule has 10 heteroatoms. The van der Waals surface area contributed by atoms with Crippen LogP contribution in [0.15, 0.2) is 4.99 Å². The Hall–Kier alpha value is -0.330. The van der Waals surface area contributed by atoms with Crippen LogP contribution >= 0.6 is 24.0 Å². The van der Waals surface area contributed by atoms with E-state index in [1.54, 1.807) is 0 Å². The zero-order chi connectivity index (χ0) is 21.4. The van der Waals surface area contributed by atoms with Crippen LogP contribution in [0.3, 0.4) is 0 Å². The van der Waals surface area contributed by atoms with E-state index in [0.717, 1.165) is 51.2 Å². The van der Waals surface area contributed by atoms with Crippen LogP contribution in [0.2, 0.25) is 0 Å². The molecule has 1 saturated heterocycles. The lowest BCUT2D eigenvalue weighted by atomic mass is 9.93. The van der Waals surface area contributed by atoms with Gasteiger partial charge >= 0.3 is 6.18 Å². The fourth-order valence-electron chi connectivity index (χ4n) is 3.20. The van der Waals surface area contributed by atoms with E-state index < -0.39 is 12.7 Å². The first-order valence-electron chi connectivity index (χ1n) is 10.9. The number of ether oxygens (including phenoxy) is 2. The Morgan fingerprint density at radius 3 is 2.30 bits per heavy atom. The molecule has 0 bridgehead atoms. The Morgan fingerprint density at radius 2 is 1.70 bits per heavy atom. The Bertz CT molecular complexity index is 435. The second-order valence-electron chi connectivity index (χ2n) is 7.39. The van der Waals surface area contributed by atoms with Crippen LogP contribution in [0.4, 0.5) is 13.2 Å². The number of unbranched alkanes of at least 4 members (excludes halogenated alkanes) is 1. The van der Waals surface area contributed by atoms with Crippen molar-refractivity contribution in [1.29, 1.82) is 0 Å². The number of rotatable bonds is 14. The van der Waals surface area contributed by atoms with E-state index in [0.29, 0.717) is 51.9 Å². The lowest BCUT2D eigenvalue weighted by molar-refractivity contribution is -0.148. The number of hydrogen-bond donors (Lipinski definition) is 2. The molecule has 0 atom stereocenters. The van der Waals surface area contributed by atoms with Crippen LogP contribution in [-0.4, -0.2) is 82.7 Å². The van der Waals surface area contributed by atoms with Gasteiger partial charge in [-0.15, -0.1) is 24.0 Å². The predicted octanol–water partition coefficient (Wildman–Crippen LogP) is 3.66. The molecular formula is C20H40F3IN4O2.